The Morgan fingerprint density at radius 2 is 2.10 bits per heavy atom. The van der Waals surface area contributed by atoms with E-state index in [1.54, 1.807) is 6.92 Å². The summed E-state index contributed by atoms with van der Waals surface area (Å²) in [4.78, 5) is 20.0. The topological polar surface area (TPSA) is 90.1 Å². The van der Waals surface area contributed by atoms with E-state index in [2.05, 4.69) is 15.3 Å². The fraction of sp³-hybridized carbons (Fsp3) is 0.643. The van der Waals surface area contributed by atoms with Gasteiger partial charge in [-0.15, -0.1) is 0 Å². The van der Waals surface area contributed by atoms with Crippen molar-refractivity contribution in [1.82, 2.24) is 9.97 Å². The van der Waals surface area contributed by atoms with Crippen molar-refractivity contribution < 1.29 is 9.53 Å². The number of aromatic nitrogens is 2. The molecule has 0 fully saturated rings. The predicted molar refractivity (Wildman–Crippen MR) is 79.6 cm³/mol. The van der Waals surface area contributed by atoms with Gasteiger partial charge in [-0.1, -0.05) is 13.8 Å². The molecule has 1 aromatic rings. The molecule has 0 aliphatic carbocycles. The van der Waals surface area contributed by atoms with Crippen molar-refractivity contribution in [1.29, 1.82) is 0 Å². The second-order valence-electron chi connectivity index (χ2n) is 4.93. The van der Waals surface area contributed by atoms with E-state index < -0.39 is 0 Å². The Morgan fingerprint density at radius 3 is 2.70 bits per heavy atom. The van der Waals surface area contributed by atoms with Gasteiger partial charge in [-0.25, -0.2) is 9.97 Å². The van der Waals surface area contributed by atoms with Crippen LogP contribution in [0.25, 0.3) is 0 Å². The molecule has 1 rings (SSSR count). The van der Waals surface area contributed by atoms with Crippen molar-refractivity contribution in [2.75, 3.05) is 24.2 Å². The molecular weight excluding hydrogens is 256 g/mol. The number of esters is 1. The maximum Gasteiger partial charge on any atom is 0.305 e. The number of hydrogen-bond donors (Lipinski definition) is 2. The van der Waals surface area contributed by atoms with Crippen LogP contribution in [0, 0.1) is 6.92 Å². The molecule has 6 heteroatoms. The van der Waals surface area contributed by atoms with E-state index in [0.29, 0.717) is 31.8 Å². The quantitative estimate of drug-likeness (QED) is 0.588. The van der Waals surface area contributed by atoms with E-state index in [0.717, 1.165) is 17.2 Å². The summed E-state index contributed by atoms with van der Waals surface area (Å²) in [5, 5.41) is 3.21. The third kappa shape index (κ3) is 4.68. The predicted octanol–water partition coefficient (Wildman–Crippen LogP) is 2.25. The molecule has 0 bridgehead atoms. The molecule has 0 saturated heterocycles. The summed E-state index contributed by atoms with van der Waals surface area (Å²) in [6, 6.07) is 0. The van der Waals surface area contributed by atoms with E-state index in [4.69, 9.17) is 10.5 Å². The first-order valence-electron chi connectivity index (χ1n) is 6.99. The van der Waals surface area contributed by atoms with Gasteiger partial charge in [0.05, 0.1) is 6.61 Å². The fourth-order valence-electron chi connectivity index (χ4n) is 1.65. The highest BCUT2D eigenvalue weighted by atomic mass is 16.5. The number of rotatable bonds is 7. The molecule has 20 heavy (non-hydrogen) atoms. The van der Waals surface area contributed by atoms with Gasteiger partial charge in [0.25, 0.3) is 0 Å². The number of nitrogens with zero attached hydrogens (tertiary/aromatic N) is 2. The van der Waals surface area contributed by atoms with Crippen LogP contribution in [0.5, 0.6) is 0 Å². The van der Waals surface area contributed by atoms with E-state index in [-0.39, 0.29) is 11.9 Å². The monoisotopic (exact) mass is 280 g/mol. The summed E-state index contributed by atoms with van der Waals surface area (Å²) in [5.41, 5.74) is 6.72. The van der Waals surface area contributed by atoms with E-state index in [1.807, 2.05) is 20.8 Å². The largest absolute Gasteiger partial charge is 0.466 e. The number of hydrogen-bond acceptors (Lipinski definition) is 6. The lowest BCUT2D eigenvalue weighted by Gasteiger charge is -2.13. The molecule has 0 amide bonds. The summed E-state index contributed by atoms with van der Waals surface area (Å²) in [6.07, 6.45) is 1.09. The van der Waals surface area contributed by atoms with Gasteiger partial charge in [0.2, 0.25) is 0 Å². The maximum absolute atomic E-state index is 11.2. The summed E-state index contributed by atoms with van der Waals surface area (Å²) < 4.78 is 4.88. The number of nitrogens with two attached hydrogens (primary N) is 1. The van der Waals surface area contributed by atoms with Gasteiger partial charge in [-0.05, 0) is 20.3 Å². The van der Waals surface area contributed by atoms with Gasteiger partial charge >= 0.3 is 5.97 Å². The maximum atomic E-state index is 11.2. The number of ether oxygens (including phenoxy) is 1. The van der Waals surface area contributed by atoms with Gasteiger partial charge < -0.3 is 15.8 Å². The molecule has 0 saturated carbocycles. The van der Waals surface area contributed by atoms with Crippen LogP contribution in [-0.2, 0) is 9.53 Å². The number of carbonyl (C=O) groups is 1. The van der Waals surface area contributed by atoms with Crippen molar-refractivity contribution in [3.63, 3.8) is 0 Å². The molecule has 0 aliphatic heterocycles. The SMILES string of the molecule is CCOC(=O)CCCNc1nc(C(C)C)nc(N)c1C. The third-order valence-electron chi connectivity index (χ3n) is 2.87. The smallest absolute Gasteiger partial charge is 0.305 e. The third-order valence-corrected chi connectivity index (χ3v) is 2.87. The first-order chi connectivity index (χ1) is 9.45. The number of nitrogens with one attached hydrogen (secondary N) is 1. The standard InChI is InChI=1S/C14H24N4O2/c1-5-20-11(19)7-6-8-16-14-10(4)12(15)17-13(18-14)9(2)3/h9H,5-8H2,1-4H3,(H3,15,16,17,18). The Balaban J connectivity index is 2.57. The molecule has 1 heterocycles. The molecule has 0 spiro atoms. The molecule has 0 atom stereocenters. The first kappa shape index (κ1) is 16.2. The Kier molecular flexibility index (Phi) is 6.21. The second-order valence-corrected chi connectivity index (χ2v) is 4.93. The van der Waals surface area contributed by atoms with Crippen molar-refractivity contribution in [2.24, 2.45) is 0 Å². The van der Waals surface area contributed by atoms with Gasteiger partial charge in [0.15, 0.2) is 0 Å². The van der Waals surface area contributed by atoms with Gasteiger partial charge in [-0.2, -0.15) is 0 Å². The minimum Gasteiger partial charge on any atom is -0.466 e. The summed E-state index contributed by atoms with van der Waals surface area (Å²) in [6.45, 7) is 8.80. The van der Waals surface area contributed by atoms with Crippen LogP contribution in [0.3, 0.4) is 0 Å². The van der Waals surface area contributed by atoms with Gasteiger partial charge in [0.1, 0.15) is 17.5 Å². The highest BCUT2D eigenvalue weighted by Crippen LogP contribution is 2.20. The van der Waals surface area contributed by atoms with Crippen LogP contribution in [0.2, 0.25) is 0 Å². The molecule has 112 valence electrons. The van der Waals surface area contributed by atoms with Crippen LogP contribution in [0.1, 0.15) is 50.9 Å². The van der Waals surface area contributed by atoms with Crippen LogP contribution < -0.4 is 11.1 Å². The van der Waals surface area contributed by atoms with Crippen LogP contribution in [-0.4, -0.2) is 29.1 Å². The molecule has 0 unspecified atom stereocenters. The molecule has 6 nitrogen and oxygen atoms in total. The Bertz CT molecular complexity index is 461. The number of carbonyl (C=O) groups excluding carboxylic acids is 1. The van der Waals surface area contributed by atoms with E-state index in [1.165, 1.54) is 0 Å². The molecule has 0 aliphatic rings. The van der Waals surface area contributed by atoms with E-state index in [9.17, 15) is 4.79 Å². The van der Waals surface area contributed by atoms with Gasteiger partial charge in [-0.3, -0.25) is 4.79 Å². The summed E-state index contributed by atoms with van der Waals surface area (Å²) in [5.74, 6) is 2.01. The second kappa shape index (κ2) is 7.67. The fourth-order valence-corrected chi connectivity index (χ4v) is 1.65. The Morgan fingerprint density at radius 1 is 1.40 bits per heavy atom. The number of nitrogen functional groups attached to an aromatic ring is 1. The zero-order valence-electron chi connectivity index (χ0n) is 12.7. The van der Waals surface area contributed by atoms with Crippen LogP contribution in [0.15, 0.2) is 0 Å². The normalized spacial score (nSPS) is 10.7. The average molecular weight is 280 g/mol. The Hall–Kier alpha value is -1.85. The van der Waals surface area contributed by atoms with Crippen molar-refractivity contribution in [2.45, 2.75) is 46.5 Å². The molecule has 0 radical (unpaired) electrons. The average Bonchev–Trinajstić information content (AvgIpc) is 2.39. The minimum atomic E-state index is -0.170. The van der Waals surface area contributed by atoms with E-state index >= 15 is 0 Å². The van der Waals surface area contributed by atoms with Crippen molar-refractivity contribution in [3.05, 3.63) is 11.4 Å². The summed E-state index contributed by atoms with van der Waals surface area (Å²) in [7, 11) is 0. The lowest BCUT2D eigenvalue weighted by molar-refractivity contribution is -0.143. The molecule has 3 N–H and O–H groups in total. The molecular formula is C14H24N4O2. The van der Waals surface area contributed by atoms with Gasteiger partial charge in [0, 0.05) is 24.4 Å². The molecule has 1 aromatic heterocycles. The minimum absolute atomic E-state index is 0.170. The zero-order valence-corrected chi connectivity index (χ0v) is 12.7. The first-order valence-corrected chi connectivity index (χ1v) is 6.99. The lowest BCUT2D eigenvalue weighted by Crippen LogP contribution is -2.13. The summed E-state index contributed by atoms with van der Waals surface area (Å²) >= 11 is 0. The van der Waals surface area contributed by atoms with Crippen LogP contribution >= 0.6 is 0 Å². The Labute approximate surface area is 120 Å². The highest BCUT2D eigenvalue weighted by molar-refractivity contribution is 5.69. The lowest BCUT2D eigenvalue weighted by atomic mass is 10.2. The highest BCUT2D eigenvalue weighted by Gasteiger charge is 2.11. The molecule has 0 aromatic carbocycles. The zero-order chi connectivity index (χ0) is 15.1. The number of anilines is 2. The van der Waals surface area contributed by atoms with Crippen molar-refractivity contribution >= 4 is 17.6 Å². The van der Waals surface area contributed by atoms with Crippen LogP contribution in [0.4, 0.5) is 11.6 Å². The van der Waals surface area contributed by atoms with Crippen molar-refractivity contribution in [3.8, 4) is 0 Å².